The highest BCUT2D eigenvalue weighted by Crippen LogP contribution is 2.24. The van der Waals surface area contributed by atoms with Gasteiger partial charge in [-0.25, -0.2) is 4.79 Å². The Morgan fingerprint density at radius 2 is 1.73 bits per heavy atom. The summed E-state index contributed by atoms with van der Waals surface area (Å²) in [6.45, 7) is 4.34. The van der Waals surface area contributed by atoms with Crippen molar-refractivity contribution in [2.75, 3.05) is 7.05 Å². The van der Waals surface area contributed by atoms with E-state index >= 15 is 0 Å². The third-order valence-electron chi connectivity index (χ3n) is 4.38. The van der Waals surface area contributed by atoms with Gasteiger partial charge in [-0.15, -0.1) is 0 Å². The van der Waals surface area contributed by atoms with E-state index in [0.717, 1.165) is 28.2 Å². The molecule has 134 valence electrons. The molecular weight excluding hydrogens is 324 g/mol. The number of urea groups is 1. The van der Waals surface area contributed by atoms with E-state index in [2.05, 4.69) is 29.6 Å². The van der Waals surface area contributed by atoms with Gasteiger partial charge in [0.05, 0.1) is 6.04 Å². The lowest BCUT2D eigenvalue weighted by atomic mass is 9.99. The van der Waals surface area contributed by atoms with Gasteiger partial charge in [0.15, 0.2) is 0 Å². The van der Waals surface area contributed by atoms with Crippen LogP contribution >= 0.6 is 0 Å². The van der Waals surface area contributed by atoms with Crippen LogP contribution in [0.2, 0.25) is 0 Å². The minimum absolute atomic E-state index is 0.130. The second kappa shape index (κ2) is 7.91. The summed E-state index contributed by atoms with van der Waals surface area (Å²) in [5, 5.41) is 2.98. The first-order valence-electron chi connectivity index (χ1n) is 8.76. The maximum atomic E-state index is 12.6. The van der Waals surface area contributed by atoms with Crippen LogP contribution in [0, 0.1) is 6.92 Å². The highest BCUT2D eigenvalue weighted by Gasteiger charge is 2.17. The fourth-order valence-corrected chi connectivity index (χ4v) is 2.94. The molecule has 0 aliphatic heterocycles. The van der Waals surface area contributed by atoms with Gasteiger partial charge in [-0.05, 0) is 42.7 Å². The molecule has 1 atom stereocenters. The minimum Gasteiger partial charge on any atom is -0.464 e. The molecule has 0 saturated carbocycles. The van der Waals surface area contributed by atoms with Crippen molar-refractivity contribution >= 4 is 6.03 Å². The van der Waals surface area contributed by atoms with Crippen molar-refractivity contribution in [3.8, 4) is 11.1 Å². The molecule has 0 fully saturated rings. The highest BCUT2D eigenvalue weighted by atomic mass is 16.3. The third-order valence-corrected chi connectivity index (χ3v) is 4.38. The molecule has 0 aliphatic rings. The van der Waals surface area contributed by atoms with Gasteiger partial charge >= 0.3 is 6.03 Å². The molecular formula is C22H24N2O2. The largest absolute Gasteiger partial charge is 0.464 e. The second-order valence-corrected chi connectivity index (χ2v) is 6.50. The molecule has 4 heteroatoms. The number of furan rings is 1. The Morgan fingerprint density at radius 3 is 2.42 bits per heavy atom. The van der Waals surface area contributed by atoms with Crippen LogP contribution in [0.25, 0.3) is 11.1 Å². The van der Waals surface area contributed by atoms with Gasteiger partial charge in [0.1, 0.15) is 11.5 Å². The first kappa shape index (κ1) is 17.8. The Hall–Kier alpha value is -3.01. The predicted octanol–water partition coefficient (Wildman–Crippen LogP) is 5.16. The van der Waals surface area contributed by atoms with Gasteiger partial charge in [0.25, 0.3) is 0 Å². The van der Waals surface area contributed by atoms with E-state index < -0.39 is 0 Å². The molecule has 0 saturated heterocycles. The number of nitrogens with one attached hydrogen (secondary N) is 1. The van der Waals surface area contributed by atoms with Gasteiger partial charge in [-0.3, -0.25) is 0 Å². The quantitative estimate of drug-likeness (QED) is 0.692. The van der Waals surface area contributed by atoms with Crippen molar-refractivity contribution in [3.63, 3.8) is 0 Å². The summed E-state index contributed by atoms with van der Waals surface area (Å²) >= 11 is 0. The molecule has 0 bridgehead atoms. The normalized spacial score (nSPS) is 11.8. The van der Waals surface area contributed by atoms with Crippen LogP contribution in [0.3, 0.4) is 0 Å². The first-order valence-corrected chi connectivity index (χ1v) is 8.76. The van der Waals surface area contributed by atoms with E-state index in [1.54, 1.807) is 11.9 Å². The predicted molar refractivity (Wildman–Crippen MR) is 104 cm³/mol. The van der Waals surface area contributed by atoms with Crippen LogP contribution < -0.4 is 5.32 Å². The molecule has 4 nitrogen and oxygen atoms in total. The van der Waals surface area contributed by atoms with E-state index in [1.165, 1.54) is 0 Å². The number of nitrogens with zero attached hydrogens (tertiary/aromatic N) is 1. The number of carbonyl (C=O) groups is 1. The highest BCUT2D eigenvalue weighted by molar-refractivity contribution is 5.75. The van der Waals surface area contributed by atoms with Crippen molar-refractivity contribution in [1.29, 1.82) is 0 Å². The fraction of sp³-hybridized carbons (Fsp3) is 0.227. The molecule has 0 aliphatic carbocycles. The standard InChI is InChI=1S/C22H24N2O2/c1-16-13-14-21(26-16)17(2)23-22(25)24(3)15-19-11-7-8-12-20(19)18-9-5-4-6-10-18/h4-14,17H,15H2,1-3H3,(H,23,25). The zero-order valence-electron chi connectivity index (χ0n) is 15.4. The van der Waals surface area contributed by atoms with E-state index in [1.807, 2.05) is 56.3 Å². The summed E-state index contributed by atoms with van der Waals surface area (Å²) in [6, 6.07) is 21.9. The summed E-state index contributed by atoms with van der Waals surface area (Å²) in [7, 11) is 1.80. The summed E-state index contributed by atoms with van der Waals surface area (Å²) < 4.78 is 5.59. The summed E-state index contributed by atoms with van der Waals surface area (Å²) in [4.78, 5) is 14.2. The Bertz CT molecular complexity index is 871. The van der Waals surface area contributed by atoms with Crippen LogP contribution in [0.4, 0.5) is 4.79 Å². The number of amides is 2. The molecule has 3 rings (SSSR count). The maximum Gasteiger partial charge on any atom is 0.318 e. The van der Waals surface area contributed by atoms with Gasteiger partial charge in [0, 0.05) is 13.6 Å². The van der Waals surface area contributed by atoms with Gasteiger partial charge < -0.3 is 14.6 Å². The molecule has 26 heavy (non-hydrogen) atoms. The lowest BCUT2D eigenvalue weighted by Crippen LogP contribution is -2.38. The van der Waals surface area contributed by atoms with Crippen molar-refractivity contribution in [2.45, 2.75) is 26.4 Å². The number of hydrogen-bond acceptors (Lipinski definition) is 2. The molecule has 3 aromatic rings. The number of hydrogen-bond donors (Lipinski definition) is 1. The minimum atomic E-state index is -0.178. The average Bonchev–Trinajstić information content (AvgIpc) is 3.09. The summed E-state index contributed by atoms with van der Waals surface area (Å²) in [5.41, 5.74) is 3.40. The van der Waals surface area contributed by atoms with Crippen molar-refractivity contribution in [2.24, 2.45) is 0 Å². The van der Waals surface area contributed by atoms with Crippen LogP contribution in [0.5, 0.6) is 0 Å². The van der Waals surface area contributed by atoms with E-state index in [9.17, 15) is 4.79 Å². The number of carbonyl (C=O) groups excluding carboxylic acids is 1. The maximum absolute atomic E-state index is 12.6. The Kier molecular flexibility index (Phi) is 5.42. The van der Waals surface area contributed by atoms with Crippen molar-refractivity contribution in [3.05, 3.63) is 83.8 Å². The molecule has 0 spiro atoms. The number of rotatable bonds is 5. The van der Waals surface area contributed by atoms with Gasteiger partial charge in [0.2, 0.25) is 0 Å². The third kappa shape index (κ3) is 4.14. The molecule has 1 aromatic heterocycles. The smallest absolute Gasteiger partial charge is 0.318 e. The Balaban J connectivity index is 1.70. The Morgan fingerprint density at radius 1 is 1.04 bits per heavy atom. The molecule has 2 aromatic carbocycles. The van der Waals surface area contributed by atoms with Crippen LogP contribution in [0.15, 0.2) is 71.1 Å². The van der Waals surface area contributed by atoms with E-state index in [0.29, 0.717) is 6.54 Å². The van der Waals surface area contributed by atoms with Gasteiger partial charge in [-0.1, -0.05) is 54.6 Å². The van der Waals surface area contributed by atoms with Crippen molar-refractivity contribution in [1.82, 2.24) is 10.2 Å². The van der Waals surface area contributed by atoms with Crippen molar-refractivity contribution < 1.29 is 9.21 Å². The SMILES string of the molecule is Cc1ccc(C(C)NC(=O)N(C)Cc2ccccc2-c2ccccc2)o1. The zero-order chi connectivity index (χ0) is 18.5. The molecule has 1 heterocycles. The zero-order valence-corrected chi connectivity index (χ0v) is 15.4. The lowest BCUT2D eigenvalue weighted by molar-refractivity contribution is 0.202. The fourth-order valence-electron chi connectivity index (χ4n) is 2.94. The molecule has 1 N–H and O–H groups in total. The van der Waals surface area contributed by atoms with E-state index in [-0.39, 0.29) is 12.1 Å². The van der Waals surface area contributed by atoms with Crippen LogP contribution in [0.1, 0.15) is 30.0 Å². The molecule has 1 unspecified atom stereocenters. The monoisotopic (exact) mass is 348 g/mol. The average molecular weight is 348 g/mol. The number of aryl methyl sites for hydroxylation is 1. The summed E-state index contributed by atoms with van der Waals surface area (Å²) in [6.07, 6.45) is 0. The first-order chi connectivity index (χ1) is 12.5. The van der Waals surface area contributed by atoms with E-state index in [4.69, 9.17) is 4.42 Å². The molecule has 0 radical (unpaired) electrons. The van der Waals surface area contributed by atoms with Crippen LogP contribution in [-0.4, -0.2) is 18.0 Å². The topological polar surface area (TPSA) is 45.5 Å². The molecule has 2 amide bonds. The van der Waals surface area contributed by atoms with Gasteiger partial charge in [-0.2, -0.15) is 0 Å². The number of benzene rings is 2. The Labute approximate surface area is 154 Å². The summed E-state index contributed by atoms with van der Waals surface area (Å²) in [5.74, 6) is 1.60. The second-order valence-electron chi connectivity index (χ2n) is 6.50. The van der Waals surface area contributed by atoms with Crippen LogP contribution in [-0.2, 0) is 6.54 Å². The lowest BCUT2D eigenvalue weighted by Gasteiger charge is -2.22.